The maximum absolute atomic E-state index is 10.7. The number of nitrogens with zero attached hydrogens (tertiary/aromatic N) is 2. The van der Waals surface area contributed by atoms with Gasteiger partial charge in [0.05, 0.1) is 6.54 Å². The van der Waals surface area contributed by atoms with Crippen LogP contribution in [0.5, 0.6) is 0 Å². The monoisotopic (exact) mass is 214 g/mol. The molecule has 0 aromatic rings. The predicted octanol–water partition coefficient (Wildman–Crippen LogP) is 0.877. The Morgan fingerprint density at radius 3 is 2.47 bits per heavy atom. The quantitative estimate of drug-likeness (QED) is 0.713. The van der Waals surface area contributed by atoms with E-state index in [2.05, 4.69) is 4.90 Å². The van der Waals surface area contributed by atoms with E-state index >= 15 is 0 Å². The Labute approximate surface area is 91.9 Å². The molecule has 1 fully saturated rings. The summed E-state index contributed by atoms with van der Waals surface area (Å²) in [5.41, 5.74) is 0. The highest BCUT2D eigenvalue weighted by molar-refractivity contribution is 5.69. The van der Waals surface area contributed by atoms with E-state index in [0.717, 1.165) is 13.1 Å². The molecule has 0 radical (unpaired) electrons. The van der Waals surface area contributed by atoms with Gasteiger partial charge in [0, 0.05) is 19.1 Å². The molecule has 4 heteroatoms. The number of carbonyl (C=O) groups is 1. The fraction of sp³-hybridized carbons (Fsp3) is 0.909. The summed E-state index contributed by atoms with van der Waals surface area (Å²) in [7, 11) is 0. The van der Waals surface area contributed by atoms with Crippen LogP contribution in [0.3, 0.4) is 0 Å². The molecule has 0 bridgehead atoms. The molecule has 1 aliphatic rings. The molecule has 0 aliphatic carbocycles. The molecule has 4 nitrogen and oxygen atoms in total. The highest BCUT2D eigenvalue weighted by Gasteiger charge is 2.16. The van der Waals surface area contributed by atoms with Gasteiger partial charge in [-0.15, -0.1) is 0 Å². The van der Waals surface area contributed by atoms with Gasteiger partial charge in [-0.3, -0.25) is 9.69 Å². The minimum Gasteiger partial charge on any atom is -0.480 e. The van der Waals surface area contributed by atoms with E-state index in [9.17, 15) is 4.79 Å². The summed E-state index contributed by atoms with van der Waals surface area (Å²) < 4.78 is 0. The first-order valence-corrected chi connectivity index (χ1v) is 5.78. The summed E-state index contributed by atoms with van der Waals surface area (Å²) in [5.74, 6) is -0.731. The van der Waals surface area contributed by atoms with Crippen molar-refractivity contribution < 1.29 is 9.90 Å². The van der Waals surface area contributed by atoms with Crippen LogP contribution in [-0.2, 0) is 4.79 Å². The topological polar surface area (TPSA) is 43.8 Å². The van der Waals surface area contributed by atoms with Crippen molar-refractivity contribution in [3.05, 3.63) is 0 Å². The lowest BCUT2D eigenvalue weighted by atomic mass is 10.3. The van der Waals surface area contributed by atoms with Gasteiger partial charge < -0.3 is 10.0 Å². The minimum absolute atomic E-state index is 0.158. The lowest BCUT2D eigenvalue weighted by Gasteiger charge is -2.26. The van der Waals surface area contributed by atoms with Crippen molar-refractivity contribution >= 4 is 5.97 Å². The molecular formula is C11H22N2O2. The summed E-state index contributed by atoms with van der Waals surface area (Å²) in [6, 6.07) is 0.309. The maximum Gasteiger partial charge on any atom is 0.317 e. The molecule has 1 heterocycles. The van der Waals surface area contributed by atoms with Gasteiger partial charge in [-0.25, -0.2) is 0 Å². The number of aliphatic carboxylic acids is 1. The highest BCUT2D eigenvalue weighted by Crippen LogP contribution is 2.07. The van der Waals surface area contributed by atoms with Gasteiger partial charge in [0.15, 0.2) is 0 Å². The molecule has 15 heavy (non-hydrogen) atoms. The summed E-state index contributed by atoms with van der Waals surface area (Å²) >= 11 is 0. The van der Waals surface area contributed by atoms with Crippen LogP contribution >= 0.6 is 0 Å². The Morgan fingerprint density at radius 2 is 2.00 bits per heavy atom. The van der Waals surface area contributed by atoms with Crippen molar-refractivity contribution in [1.29, 1.82) is 0 Å². The summed E-state index contributed by atoms with van der Waals surface area (Å²) in [4.78, 5) is 15.1. The van der Waals surface area contributed by atoms with Crippen LogP contribution in [-0.4, -0.2) is 59.6 Å². The Morgan fingerprint density at radius 1 is 1.40 bits per heavy atom. The number of rotatable bonds is 6. The van der Waals surface area contributed by atoms with E-state index in [1.54, 1.807) is 0 Å². The van der Waals surface area contributed by atoms with Crippen molar-refractivity contribution in [3.63, 3.8) is 0 Å². The average Bonchev–Trinajstić information content (AvgIpc) is 2.63. The van der Waals surface area contributed by atoms with Crippen LogP contribution in [0.2, 0.25) is 0 Å². The second-order valence-corrected chi connectivity index (χ2v) is 4.51. The van der Waals surface area contributed by atoms with E-state index in [4.69, 9.17) is 5.11 Å². The molecule has 0 saturated carbocycles. The van der Waals surface area contributed by atoms with Gasteiger partial charge in [0.25, 0.3) is 0 Å². The molecule has 0 aromatic carbocycles. The van der Waals surface area contributed by atoms with Crippen LogP contribution in [0.25, 0.3) is 0 Å². The normalized spacial score (nSPS) is 17.9. The van der Waals surface area contributed by atoms with Crippen molar-refractivity contribution in [2.24, 2.45) is 0 Å². The zero-order valence-corrected chi connectivity index (χ0v) is 9.78. The second kappa shape index (κ2) is 6.08. The number of carboxylic acids is 1. The van der Waals surface area contributed by atoms with Gasteiger partial charge >= 0.3 is 5.97 Å². The third-order valence-corrected chi connectivity index (χ3v) is 2.97. The maximum atomic E-state index is 10.7. The highest BCUT2D eigenvalue weighted by atomic mass is 16.4. The Bertz CT molecular complexity index is 201. The SMILES string of the molecule is CC(C)N(CCN1CCCC1)CC(=O)O. The molecule has 1 aliphatic heterocycles. The molecule has 0 spiro atoms. The van der Waals surface area contributed by atoms with Gasteiger partial charge in [-0.2, -0.15) is 0 Å². The van der Waals surface area contributed by atoms with E-state index in [-0.39, 0.29) is 6.54 Å². The van der Waals surface area contributed by atoms with Gasteiger partial charge in [-0.1, -0.05) is 0 Å². The fourth-order valence-electron chi connectivity index (χ4n) is 1.97. The summed E-state index contributed by atoms with van der Waals surface area (Å²) in [5, 5.41) is 8.77. The molecule has 0 atom stereocenters. The average molecular weight is 214 g/mol. The third-order valence-electron chi connectivity index (χ3n) is 2.97. The summed E-state index contributed by atoms with van der Waals surface area (Å²) in [6.07, 6.45) is 2.58. The van der Waals surface area contributed by atoms with Crippen molar-refractivity contribution in [2.45, 2.75) is 32.7 Å². The molecule has 1 rings (SSSR count). The van der Waals surface area contributed by atoms with Crippen LogP contribution in [0.15, 0.2) is 0 Å². The third kappa shape index (κ3) is 4.62. The van der Waals surface area contributed by atoms with Gasteiger partial charge in [-0.05, 0) is 39.8 Å². The molecule has 0 unspecified atom stereocenters. The van der Waals surface area contributed by atoms with Crippen LogP contribution in [0.4, 0.5) is 0 Å². The van der Waals surface area contributed by atoms with Crippen LogP contribution < -0.4 is 0 Å². The largest absolute Gasteiger partial charge is 0.480 e. The number of hydrogen-bond donors (Lipinski definition) is 1. The number of carboxylic acid groups (broad SMARTS) is 1. The first kappa shape index (κ1) is 12.5. The van der Waals surface area contributed by atoms with Gasteiger partial charge in [0.2, 0.25) is 0 Å². The molecule has 88 valence electrons. The molecular weight excluding hydrogens is 192 g/mol. The Hall–Kier alpha value is -0.610. The smallest absolute Gasteiger partial charge is 0.317 e. The summed E-state index contributed by atoms with van der Waals surface area (Å²) in [6.45, 7) is 8.48. The first-order valence-electron chi connectivity index (χ1n) is 5.78. The first-order chi connectivity index (χ1) is 7.09. The van der Waals surface area contributed by atoms with Gasteiger partial charge in [0.1, 0.15) is 0 Å². The standard InChI is InChI=1S/C11H22N2O2/c1-10(2)13(9-11(14)15)8-7-12-5-3-4-6-12/h10H,3-9H2,1-2H3,(H,14,15). The lowest BCUT2D eigenvalue weighted by molar-refractivity contribution is -0.138. The van der Waals surface area contributed by atoms with E-state index in [0.29, 0.717) is 6.04 Å². The lowest BCUT2D eigenvalue weighted by Crippen LogP contribution is -2.40. The number of likely N-dealkylation sites (tertiary alicyclic amines) is 1. The Balaban J connectivity index is 2.27. The zero-order valence-electron chi connectivity index (χ0n) is 9.78. The fourth-order valence-corrected chi connectivity index (χ4v) is 1.97. The van der Waals surface area contributed by atoms with Crippen LogP contribution in [0, 0.1) is 0 Å². The Kier molecular flexibility index (Phi) is 5.05. The van der Waals surface area contributed by atoms with Crippen molar-refractivity contribution in [1.82, 2.24) is 9.80 Å². The van der Waals surface area contributed by atoms with Crippen molar-refractivity contribution in [2.75, 3.05) is 32.7 Å². The molecule has 1 N–H and O–H groups in total. The number of hydrogen-bond acceptors (Lipinski definition) is 3. The molecule has 0 aromatic heterocycles. The van der Waals surface area contributed by atoms with Crippen LogP contribution in [0.1, 0.15) is 26.7 Å². The molecule has 1 saturated heterocycles. The molecule has 0 amide bonds. The second-order valence-electron chi connectivity index (χ2n) is 4.51. The predicted molar refractivity (Wildman–Crippen MR) is 60.0 cm³/mol. The van der Waals surface area contributed by atoms with E-state index in [1.807, 2.05) is 18.7 Å². The zero-order chi connectivity index (χ0) is 11.3. The van der Waals surface area contributed by atoms with E-state index in [1.165, 1.54) is 25.9 Å². The minimum atomic E-state index is -0.731. The van der Waals surface area contributed by atoms with Crippen molar-refractivity contribution in [3.8, 4) is 0 Å². The van der Waals surface area contributed by atoms with E-state index < -0.39 is 5.97 Å².